The zero-order valence-electron chi connectivity index (χ0n) is 16.3. The fraction of sp³-hybridized carbons (Fsp3) is 0.0435. The number of benzene rings is 1. The van der Waals surface area contributed by atoms with Gasteiger partial charge in [-0.2, -0.15) is 0 Å². The van der Waals surface area contributed by atoms with E-state index in [2.05, 4.69) is 36.5 Å². The predicted octanol–water partition coefficient (Wildman–Crippen LogP) is 3.73. The zero-order chi connectivity index (χ0) is 20.8. The summed E-state index contributed by atoms with van der Waals surface area (Å²) in [5.74, 6) is 0. The predicted molar refractivity (Wildman–Crippen MR) is 119 cm³/mol. The van der Waals surface area contributed by atoms with E-state index in [0.717, 1.165) is 11.3 Å². The van der Waals surface area contributed by atoms with Crippen LogP contribution in [0.1, 0.15) is 11.4 Å². The van der Waals surface area contributed by atoms with Crippen molar-refractivity contribution in [1.82, 2.24) is 34.9 Å². The molecule has 1 aromatic carbocycles. The molecule has 0 fully saturated rings. The molecule has 8 nitrogen and oxygen atoms in total. The molecule has 0 saturated carbocycles. The molecule has 0 bridgehead atoms. The molecule has 31 heavy (non-hydrogen) atoms. The standard InChI is InChI=1S/C23H14N8/c1-13-4-2-6-24-12-15-14(5-3-7-25-15)17-16(13)30-22-20-18(26-8-10-28-20)19-21(23(22)31-17)29-11-9-27-19/h2-11H,1,12H2/b4-2-,24-6?. The van der Waals surface area contributed by atoms with Crippen molar-refractivity contribution in [3.63, 3.8) is 0 Å². The monoisotopic (exact) mass is 402 g/mol. The molecule has 0 amide bonds. The number of fused-ring (bicyclic) bond motifs is 9. The van der Waals surface area contributed by atoms with Crippen molar-refractivity contribution >= 4 is 44.9 Å². The van der Waals surface area contributed by atoms with E-state index in [0.29, 0.717) is 56.6 Å². The van der Waals surface area contributed by atoms with Gasteiger partial charge in [0.15, 0.2) is 0 Å². The molecule has 5 aromatic rings. The number of rotatable bonds is 0. The van der Waals surface area contributed by atoms with Crippen molar-refractivity contribution in [3.05, 3.63) is 73.2 Å². The van der Waals surface area contributed by atoms with Crippen LogP contribution < -0.4 is 0 Å². The Balaban J connectivity index is 1.83. The van der Waals surface area contributed by atoms with Gasteiger partial charge in [0.1, 0.15) is 33.1 Å². The lowest BCUT2D eigenvalue weighted by molar-refractivity contribution is 0.995. The number of hydrogen-bond acceptors (Lipinski definition) is 8. The average Bonchev–Trinajstić information content (AvgIpc) is 2.83. The molecule has 4 aromatic heterocycles. The van der Waals surface area contributed by atoms with E-state index in [1.807, 2.05) is 24.3 Å². The highest BCUT2D eigenvalue weighted by molar-refractivity contribution is 6.18. The van der Waals surface area contributed by atoms with Crippen molar-refractivity contribution in [2.45, 2.75) is 6.54 Å². The molecular formula is C23H14N8. The third-order valence-electron chi connectivity index (χ3n) is 5.14. The van der Waals surface area contributed by atoms with E-state index in [1.54, 1.807) is 37.2 Å². The summed E-state index contributed by atoms with van der Waals surface area (Å²) >= 11 is 0. The van der Waals surface area contributed by atoms with Crippen LogP contribution in [0.25, 0.3) is 49.9 Å². The lowest BCUT2D eigenvalue weighted by Gasteiger charge is -2.14. The van der Waals surface area contributed by atoms with Crippen LogP contribution in [-0.4, -0.2) is 41.1 Å². The molecule has 6 rings (SSSR count). The van der Waals surface area contributed by atoms with Crippen LogP contribution in [0.2, 0.25) is 0 Å². The van der Waals surface area contributed by atoms with Crippen molar-refractivity contribution in [2.24, 2.45) is 4.99 Å². The molecule has 8 heteroatoms. The second-order valence-electron chi connectivity index (χ2n) is 7.00. The van der Waals surface area contributed by atoms with Gasteiger partial charge in [-0.3, -0.25) is 29.9 Å². The summed E-state index contributed by atoms with van der Waals surface area (Å²) in [5.41, 5.74) is 7.48. The fourth-order valence-electron chi connectivity index (χ4n) is 3.76. The Kier molecular flexibility index (Phi) is 3.82. The summed E-state index contributed by atoms with van der Waals surface area (Å²) in [5, 5.41) is 0. The molecule has 0 N–H and O–H groups in total. The fourth-order valence-corrected chi connectivity index (χ4v) is 3.76. The highest BCUT2D eigenvalue weighted by Gasteiger charge is 2.21. The molecule has 0 saturated heterocycles. The Labute approximate surface area is 176 Å². The highest BCUT2D eigenvalue weighted by atomic mass is 14.9. The maximum Gasteiger partial charge on any atom is 0.120 e. The summed E-state index contributed by atoms with van der Waals surface area (Å²) < 4.78 is 0. The quantitative estimate of drug-likeness (QED) is 0.364. The van der Waals surface area contributed by atoms with E-state index >= 15 is 0 Å². The van der Waals surface area contributed by atoms with Crippen molar-refractivity contribution < 1.29 is 0 Å². The Hall–Kier alpha value is -4.46. The normalized spacial score (nSPS) is 14.5. The van der Waals surface area contributed by atoms with Gasteiger partial charge in [0.25, 0.3) is 0 Å². The molecule has 146 valence electrons. The number of aliphatic imine (C=N–C) groups is 1. The number of nitrogens with zero attached hydrogens (tertiary/aromatic N) is 8. The zero-order valence-corrected chi connectivity index (χ0v) is 16.3. The Morgan fingerprint density at radius 2 is 1.29 bits per heavy atom. The van der Waals surface area contributed by atoms with Crippen LogP contribution in [0.5, 0.6) is 0 Å². The first-order valence-corrected chi connectivity index (χ1v) is 9.66. The van der Waals surface area contributed by atoms with E-state index in [-0.39, 0.29) is 0 Å². The lowest BCUT2D eigenvalue weighted by Crippen LogP contribution is -2.04. The summed E-state index contributed by atoms with van der Waals surface area (Å²) in [6.07, 6.45) is 13.8. The first kappa shape index (κ1) is 17.4. The van der Waals surface area contributed by atoms with Gasteiger partial charge in [0.2, 0.25) is 0 Å². The van der Waals surface area contributed by atoms with Crippen molar-refractivity contribution in [2.75, 3.05) is 0 Å². The first-order chi connectivity index (χ1) is 15.3. The van der Waals surface area contributed by atoms with Gasteiger partial charge in [0.05, 0.1) is 23.6 Å². The summed E-state index contributed by atoms with van der Waals surface area (Å²) in [6, 6.07) is 3.86. The van der Waals surface area contributed by atoms with Crippen LogP contribution >= 0.6 is 0 Å². The third kappa shape index (κ3) is 2.69. The smallest absolute Gasteiger partial charge is 0.120 e. The summed E-state index contributed by atoms with van der Waals surface area (Å²) in [7, 11) is 0. The van der Waals surface area contributed by atoms with Gasteiger partial charge in [-0.05, 0) is 23.8 Å². The van der Waals surface area contributed by atoms with Gasteiger partial charge in [-0.1, -0.05) is 12.7 Å². The summed E-state index contributed by atoms with van der Waals surface area (Å²) in [4.78, 5) is 37.1. The topological polar surface area (TPSA) is 103 Å². The van der Waals surface area contributed by atoms with Crippen molar-refractivity contribution in [3.8, 4) is 11.3 Å². The van der Waals surface area contributed by atoms with Crippen LogP contribution in [0.15, 0.2) is 66.8 Å². The molecule has 5 heterocycles. The molecule has 0 radical (unpaired) electrons. The minimum absolute atomic E-state index is 0.440. The van der Waals surface area contributed by atoms with E-state index in [1.165, 1.54) is 0 Å². The molecular weight excluding hydrogens is 388 g/mol. The van der Waals surface area contributed by atoms with Gasteiger partial charge >= 0.3 is 0 Å². The van der Waals surface area contributed by atoms with Gasteiger partial charge in [-0.25, -0.2) is 9.97 Å². The van der Waals surface area contributed by atoms with Gasteiger partial charge < -0.3 is 0 Å². The van der Waals surface area contributed by atoms with Gasteiger partial charge in [0, 0.05) is 42.8 Å². The minimum Gasteiger partial charge on any atom is -0.287 e. The van der Waals surface area contributed by atoms with Crippen LogP contribution in [0.3, 0.4) is 0 Å². The SMILES string of the molecule is C=C1/C=C\C=NCc2ncccc2-c2nc3c4nccnc4c4nccnc4c3nc21. The van der Waals surface area contributed by atoms with Crippen LogP contribution in [-0.2, 0) is 6.54 Å². The Morgan fingerprint density at radius 3 is 1.97 bits per heavy atom. The molecule has 1 aliphatic heterocycles. The molecule has 0 aliphatic carbocycles. The van der Waals surface area contributed by atoms with Crippen LogP contribution in [0.4, 0.5) is 0 Å². The second kappa shape index (κ2) is 6.81. The second-order valence-corrected chi connectivity index (χ2v) is 7.00. The largest absolute Gasteiger partial charge is 0.287 e. The summed E-state index contributed by atoms with van der Waals surface area (Å²) in [6.45, 7) is 4.66. The van der Waals surface area contributed by atoms with E-state index in [9.17, 15) is 0 Å². The maximum absolute atomic E-state index is 5.04. The van der Waals surface area contributed by atoms with E-state index in [4.69, 9.17) is 9.97 Å². The Bertz CT molecular complexity index is 1590. The first-order valence-electron chi connectivity index (χ1n) is 9.66. The van der Waals surface area contributed by atoms with Gasteiger partial charge in [-0.15, -0.1) is 0 Å². The van der Waals surface area contributed by atoms with Crippen LogP contribution in [0, 0.1) is 0 Å². The molecule has 0 unspecified atom stereocenters. The number of aromatic nitrogens is 7. The number of hydrogen-bond donors (Lipinski definition) is 0. The number of allylic oxidation sites excluding steroid dienone is 3. The minimum atomic E-state index is 0.440. The highest BCUT2D eigenvalue weighted by Crippen LogP contribution is 2.34. The molecule has 0 atom stereocenters. The van der Waals surface area contributed by atoms with Crippen molar-refractivity contribution in [1.29, 1.82) is 0 Å². The average molecular weight is 402 g/mol. The Morgan fingerprint density at radius 1 is 0.677 bits per heavy atom. The third-order valence-corrected chi connectivity index (χ3v) is 5.14. The van der Waals surface area contributed by atoms with E-state index < -0.39 is 0 Å². The number of pyridine rings is 1. The molecule has 1 aliphatic rings. The molecule has 0 spiro atoms. The maximum atomic E-state index is 5.04. The lowest BCUT2D eigenvalue weighted by atomic mass is 10.0.